The SMILES string of the molecule is C=C(CC)CCC.CC.CC.CN. The second-order valence-corrected chi connectivity index (χ2v) is 1.85. The van der Waals surface area contributed by atoms with E-state index >= 15 is 0 Å². The molecule has 0 heterocycles. The monoisotopic (exact) mass is 189 g/mol. The topological polar surface area (TPSA) is 26.0 Å². The molecule has 0 bridgehead atoms. The summed E-state index contributed by atoms with van der Waals surface area (Å²) in [7, 11) is 1.50. The van der Waals surface area contributed by atoms with Crippen LogP contribution in [-0.2, 0) is 0 Å². The summed E-state index contributed by atoms with van der Waals surface area (Å²) in [6, 6.07) is 0. The van der Waals surface area contributed by atoms with Crippen molar-refractivity contribution in [1.29, 1.82) is 0 Å². The summed E-state index contributed by atoms with van der Waals surface area (Å²) in [5.74, 6) is 0. The van der Waals surface area contributed by atoms with Crippen molar-refractivity contribution < 1.29 is 0 Å². The van der Waals surface area contributed by atoms with Crippen LogP contribution in [0.5, 0.6) is 0 Å². The van der Waals surface area contributed by atoms with E-state index in [1.165, 1.54) is 25.5 Å². The molecule has 0 unspecified atom stereocenters. The molecule has 0 saturated carbocycles. The van der Waals surface area contributed by atoms with Gasteiger partial charge in [-0.05, 0) is 19.9 Å². The van der Waals surface area contributed by atoms with E-state index in [4.69, 9.17) is 0 Å². The Morgan fingerprint density at radius 1 is 1.00 bits per heavy atom. The molecule has 0 rings (SSSR count). The maximum absolute atomic E-state index is 4.50. The minimum atomic E-state index is 1.15. The largest absolute Gasteiger partial charge is 0.333 e. The molecule has 1 nitrogen and oxygen atoms in total. The zero-order chi connectivity index (χ0) is 11.7. The number of hydrogen-bond donors (Lipinski definition) is 1. The highest BCUT2D eigenvalue weighted by Gasteiger charge is 1.83. The van der Waals surface area contributed by atoms with E-state index in [1.807, 2.05) is 27.7 Å². The van der Waals surface area contributed by atoms with Crippen LogP contribution in [0.15, 0.2) is 12.2 Å². The second kappa shape index (κ2) is 41.2. The average Bonchev–Trinajstić information content (AvgIpc) is 2.27. The fourth-order valence-corrected chi connectivity index (χ4v) is 0.530. The van der Waals surface area contributed by atoms with Gasteiger partial charge in [0.25, 0.3) is 0 Å². The van der Waals surface area contributed by atoms with Crippen molar-refractivity contribution in [3.8, 4) is 0 Å². The van der Waals surface area contributed by atoms with Crippen molar-refractivity contribution in [1.82, 2.24) is 0 Å². The lowest BCUT2D eigenvalue weighted by Crippen LogP contribution is -1.73. The first-order valence-electron chi connectivity index (χ1n) is 5.55. The third-order valence-corrected chi connectivity index (χ3v) is 1.10. The van der Waals surface area contributed by atoms with Crippen molar-refractivity contribution in [3.05, 3.63) is 12.2 Å². The van der Waals surface area contributed by atoms with Gasteiger partial charge in [-0.25, -0.2) is 0 Å². The van der Waals surface area contributed by atoms with E-state index in [0.717, 1.165) is 6.42 Å². The molecule has 0 aromatic heterocycles. The van der Waals surface area contributed by atoms with E-state index in [9.17, 15) is 0 Å². The quantitative estimate of drug-likeness (QED) is 0.655. The van der Waals surface area contributed by atoms with Gasteiger partial charge in [-0.3, -0.25) is 0 Å². The van der Waals surface area contributed by atoms with Crippen molar-refractivity contribution in [2.24, 2.45) is 5.73 Å². The average molecular weight is 189 g/mol. The van der Waals surface area contributed by atoms with Crippen LogP contribution in [0.4, 0.5) is 0 Å². The van der Waals surface area contributed by atoms with Crippen molar-refractivity contribution in [3.63, 3.8) is 0 Å². The molecule has 1 heteroatoms. The molecule has 0 aliphatic carbocycles. The molecule has 0 atom stereocenters. The molecule has 0 aliphatic rings. The van der Waals surface area contributed by atoms with Crippen LogP contribution < -0.4 is 5.73 Å². The van der Waals surface area contributed by atoms with Crippen LogP contribution in [0.1, 0.15) is 60.8 Å². The van der Waals surface area contributed by atoms with E-state index < -0.39 is 0 Å². The first-order chi connectivity index (χ1) is 6.31. The van der Waals surface area contributed by atoms with E-state index in [0.29, 0.717) is 0 Å². The fraction of sp³-hybridized carbons (Fsp3) is 0.833. The molecule has 13 heavy (non-hydrogen) atoms. The van der Waals surface area contributed by atoms with Gasteiger partial charge in [0.05, 0.1) is 0 Å². The van der Waals surface area contributed by atoms with Gasteiger partial charge in [0.2, 0.25) is 0 Å². The standard InChI is InChI=1S/C7H14.2C2H6.CH5N/c1-4-6-7(3)5-2;3*1-2/h3-6H2,1-2H3;2*1-2H3;2H2,1H3. The predicted molar refractivity (Wildman–Crippen MR) is 67.1 cm³/mol. The van der Waals surface area contributed by atoms with Crippen LogP contribution in [0, 0.1) is 0 Å². The van der Waals surface area contributed by atoms with Crippen LogP contribution in [0.2, 0.25) is 0 Å². The van der Waals surface area contributed by atoms with Gasteiger partial charge in [-0.2, -0.15) is 0 Å². The maximum atomic E-state index is 4.50. The van der Waals surface area contributed by atoms with Gasteiger partial charge in [-0.15, -0.1) is 0 Å². The van der Waals surface area contributed by atoms with Gasteiger partial charge in [-0.1, -0.05) is 60.1 Å². The highest BCUT2D eigenvalue weighted by Crippen LogP contribution is 2.03. The molecule has 0 aromatic rings. The summed E-state index contributed by atoms with van der Waals surface area (Å²) in [5.41, 5.74) is 5.88. The number of rotatable bonds is 3. The Morgan fingerprint density at radius 2 is 1.31 bits per heavy atom. The zero-order valence-electron chi connectivity index (χ0n) is 10.9. The predicted octanol–water partition coefficient (Wildman–Crippen LogP) is 4.38. The molecular weight excluding hydrogens is 158 g/mol. The second-order valence-electron chi connectivity index (χ2n) is 1.85. The van der Waals surface area contributed by atoms with Crippen LogP contribution >= 0.6 is 0 Å². The molecule has 2 N–H and O–H groups in total. The smallest absolute Gasteiger partial charge is 0.0195 e. The van der Waals surface area contributed by atoms with E-state index in [1.54, 1.807) is 0 Å². The minimum absolute atomic E-state index is 1.15. The third-order valence-electron chi connectivity index (χ3n) is 1.10. The Balaban J connectivity index is -0.0000000573. The Bertz CT molecular complexity index is 58.1. The Kier molecular flexibility index (Phi) is 72.8. The molecule has 84 valence electrons. The first-order valence-corrected chi connectivity index (χ1v) is 5.55. The summed E-state index contributed by atoms with van der Waals surface area (Å²) >= 11 is 0. The summed E-state index contributed by atoms with van der Waals surface area (Å²) in [6.45, 7) is 16.2. The minimum Gasteiger partial charge on any atom is -0.333 e. The molecule has 0 saturated heterocycles. The third kappa shape index (κ3) is 49.8. The molecule has 0 fully saturated rings. The van der Waals surface area contributed by atoms with E-state index in [-0.39, 0.29) is 0 Å². The molecule has 0 aromatic carbocycles. The van der Waals surface area contributed by atoms with Crippen molar-refractivity contribution >= 4 is 0 Å². The van der Waals surface area contributed by atoms with Gasteiger partial charge in [0.1, 0.15) is 0 Å². The number of hydrogen-bond acceptors (Lipinski definition) is 1. The summed E-state index contributed by atoms with van der Waals surface area (Å²) in [5, 5.41) is 0. The normalized spacial score (nSPS) is 6.15. The Hall–Kier alpha value is -0.300. The van der Waals surface area contributed by atoms with Crippen LogP contribution in [0.3, 0.4) is 0 Å². The first kappa shape index (κ1) is 23.0. The highest BCUT2D eigenvalue weighted by molar-refractivity contribution is 4.91. The highest BCUT2D eigenvalue weighted by atomic mass is 14.4. The van der Waals surface area contributed by atoms with Gasteiger partial charge < -0.3 is 5.73 Å². The molecule has 0 spiro atoms. The number of nitrogens with two attached hydrogens (primary N) is 1. The van der Waals surface area contributed by atoms with Gasteiger partial charge in [0.15, 0.2) is 0 Å². The summed E-state index contributed by atoms with van der Waals surface area (Å²) in [4.78, 5) is 0. The summed E-state index contributed by atoms with van der Waals surface area (Å²) < 4.78 is 0. The lowest BCUT2D eigenvalue weighted by molar-refractivity contribution is 0.863. The van der Waals surface area contributed by atoms with Gasteiger partial charge >= 0.3 is 0 Å². The Labute approximate surface area is 86.4 Å². The summed E-state index contributed by atoms with van der Waals surface area (Å²) in [6.07, 6.45) is 3.59. The number of allylic oxidation sites excluding steroid dienone is 1. The van der Waals surface area contributed by atoms with Gasteiger partial charge in [0, 0.05) is 0 Å². The van der Waals surface area contributed by atoms with Crippen molar-refractivity contribution in [2.45, 2.75) is 60.8 Å². The molecular formula is C12H31N. The maximum Gasteiger partial charge on any atom is -0.0195 e. The lowest BCUT2D eigenvalue weighted by atomic mass is 10.1. The molecule has 0 aliphatic heterocycles. The van der Waals surface area contributed by atoms with Crippen molar-refractivity contribution in [2.75, 3.05) is 7.05 Å². The molecule has 0 radical (unpaired) electrons. The van der Waals surface area contributed by atoms with E-state index in [2.05, 4.69) is 26.2 Å². The van der Waals surface area contributed by atoms with Crippen LogP contribution in [-0.4, -0.2) is 7.05 Å². The fourth-order valence-electron chi connectivity index (χ4n) is 0.530. The van der Waals surface area contributed by atoms with Crippen LogP contribution in [0.25, 0.3) is 0 Å². The Morgan fingerprint density at radius 3 is 1.38 bits per heavy atom. The molecule has 0 amide bonds. The zero-order valence-corrected chi connectivity index (χ0v) is 10.9. The lowest BCUT2D eigenvalue weighted by Gasteiger charge is -1.94.